The van der Waals surface area contributed by atoms with Crippen molar-refractivity contribution in [2.75, 3.05) is 12.4 Å². The first kappa shape index (κ1) is 23.0. The van der Waals surface area contributed by atoms with Crippen molar-refractivity contribution < 1.29 is 19.1 Å². The number of nitrogens with zero attached hydrogens (tertiary/aromatic N) is 2. The van der Waals surface area contributed by atoms with Gasteiger partial charge in [0.2, 0.25) is 11.8 Å². The molecule has 3 rings (SSSR count). The highest BCUT2D eigenvalue weighted by molar-refractivity contribution is 6.03. The summed E-state index contributed by atoms with van der Waals surface area (Å²) in [6, 6.07) is 23.3. The summed E-state index contributed by atoms with van der Waals surface area (Å²) in [4.78, 5) is 23.9. The largest absolute Gasteiger partial charge is 0.497 e. The molecule has 0 aromatic heterocycles. The Morgan fingerprint density at radius 1 is 1.00 bits per heavy atom. The van der Waals surface area contributed by atoms with Crippen molar-refractivity contribution in [3.63, 3.8) is 0 Å². The van der Waals surface area contributed by atoms with E-state index in [1.807, 2.05) is 18.2 Å². The minimum Gasteiger partial charge on any atom is -0.497 e. The fraction of sp³-hybridized carbons (Fsp3) is 0.120. The van der Waals surface area contributed by atoms with Crippen LogP contribution in [0.1, 0.15) is 23.1 Å². The molecular formula is C25H22N4O4. The van der Waals surface area contributed by atoms with Crippen LogP contribution in [0.15, 0.2) is 77.9 Å². The lowest BCUT2D eigenvalue weighted by atomic mass is 10.1. The van der Waals surface area contributed by atoms with Crippen molar-refractivity contribution >= 4 is 23.7 Å². The molecule has 0 heterocycles. The van der Waals surface area contributed by atoms with Gasteiger partial charge in [-0.05, 0) is 48.0 Å². The van der Waals surface area contributed by atoms with Gasteiger partial charge in [-0.15, -0.1) is 0 Å². The summed E-state index contributed by atoms with van der Waals surface area (Å²) in [6.45, 7) is 0.283. The third-order valence-electron chi connectivity index (χ3n) is 4.49. The van der Waals surface area contributed by atoms with Gasteiger partial charge >= 0.3 is 0 Å². The molecule has 8 nitrogen and oxygen atoms in total. The number of hydrogen-bond acceptors (Lipinski definition) is 6. The normalized spacial score (nSPS) is 10.3. The van der Waals surface area contributed by atoms with Crippen molar-refractivity contribution in [1.82, 2.24) is 5.43 Å². The highest BCUT2D eigenvalue weighted by atomic mass is 16.5. The van der Waals surface area contributed by atoms with E-state index in [0.717, 1.165) is 11.1 Å². The fourth-order valence-corrected chi connectivity index (χ4v) is 2.84. The average molecular weight is 442 g/mol. The average Bonchev–Trinajstić information content (AvgIpc) is 2.83. The van der Waals surface area contributed by atoms with E-state index < -0.39 is 11.8 Å². The molecule has 0 aliphatic carbocycles. The number of hydrogen-bond donors (Lipinski definition) is 2. The second-order valence-corrected chi connectivity index (χ2v) is 6.88. The number of nitrogens with one attached hydrogen (secondary N) is 2. The van der Waals surface area contributed by atoms with E-state index in [1.54, 1.807) is 54.6 Å². The molecule has 3 aromatic carbocycles. The SMILES string of the molecule is COc1cccc(NC(=O)CC(=O)NN=Cc2ccc(OCc3ccccc3C#N)cc2)c1. The molecule has 0 atom stereocenters. The lowest BCUT2D eigenvalue weighted by Gasteiger charge is -2.07. The molecule has 33 heavy (non-hydrogen) atoms. The van der Waals surface area contributed by atoms with Crippen molar-refractivity contribution in [2.24, 2.45) is 5.10 Å². The van der Waals surface area contributed by atoms with Gasteiger partial charge in [-0.3, -0.25) is 9.59 Å². The van der Waals surface area contributed by atoms with Crippen LogP contribution in [0.25, 0.3) is 0 Å². The number of nitriles is 1. The molecule has 2 N–H and O–H groups in total. The number of benzene rings is 3. The molecular weight excluding hydrogens is 420 g/mol. The van der Waals surface area contributed by atoms with Gasteiger partial charge in [0.25, 0.3) is 0 Å². The van der Waals surface area contributed by atoms with E-state index in [2.05, 4.69) is 21.9 Å². The molecule has 3 aromatic rings. The Bertz CT molecular complexity index is 1180. The fourth-order valence-electron chi connectivity index (χ4n) is 2.84. The second kappa shape index (κ2) is 11.7. The predicted molar refractivity (Wildman–Crippen MR) is 124 cm³/mol. The van der Waals surface area contributed by atoms with Crippen molar-refractivity contribution in [3.8, 4) is 17.6 Å². The summed E-state index contributed by atoms with van der Waals surface area (Å²) in [6.07, 6.45) is 1.10. The third kappa shape index (κ3) is 7.22. The monoisotopic (exact) mass is 442 g/mol. The number of hydrazone groups is 1. The molecule has 166 valence electrons. The van der Waals surface area contributed by atoms with E-state index >= 15 is 0 Å². The molecule has 2 amide bonds. The molecule has 0 bridgehead atoms. The Balaban J connectivity index is 1.44. The maximum atomic E-state index is 12.0. The van der Waals surface area contributed by atoms with Crippen LogP contribution in [0.4, 0.5) is 5.69 Å². The summed E-state index contributed by atoms with van der Waals surface area (Å²) in [5.41, 5.74) is 4.99. The zero-order chi connectivity index (χ0) is 23.5. The molecule has 0 radical (unpaired) electrons. The molecule has 0 unspecified atom stereocenters. The summed E-state index contributed by atoms with van der Waals surface area (Å²) in [5, 5.41) is 15.6. The van der Waals surface area contributed by atoms with E-state index in [4.69, 9.17) is 14.7 Å². The molecule has 0 saturated heterocycles. The first-order chi connectivity index (χ1) is 16.1. The van der Waals surface area contributed by atoms with Crippen LogP contribution in [0.2, 0.25) is 0 Å². The van der Waals surface area contributed by atoms with Crippen LogP contribution >= 0.6 is 0 Å². The Labute approximate surface area is 191 Å². The number of carbonyl (C=O) groups excluding carboxylic acids is 2. The molecule has 0 fully saturated rings. The first-order valence-corrected chi connectivity index (χ1v) is 10.0. The predicted octanol–water partition coefficient (Wildman–Crippen LogP) is 3.62. The smallest absolute Gasteiger partial charge is 0.249 e. The number of rotatable bonds is 9. The van der Waals surface area contributed by atoms with Crippen molar-refractivity contribution in [3.05, 3.63) is 89.5 Å². The zero-order valence-corrected chi connectivity index (χ0v) is 17.9. The van der Waals surface area contributed by atoms with Gasteiger partial charge in [-0.2, -0.15) is 10.4 Å². The van der Waals surface area contributed by atoms with Crippen LogP contribution in [-0.4, -0.2) is 25.1 Å². The van der Waals surface area contributed by atoms with E-state index in [-0.39, 0.29) is 13.0 Å². The highest BCUT2D eigenvalue weighted by Gasteiger charge is 2.09. The number of anilines is 1. The van der Waals surface area contributed by atoms with E-state index in [1.165, 1.54) is 13.3 Å². The van der Waals surface area contributed by atoms with Gasteiger partial charge in [0, 0.05) is 17.3 Å². The van der Waals surface area contributed by atoms with Crippen LogP contribution in [0, 0.1) is 11.3 Å². The number of methoxy groups -OCH3 is 1. The van der Waals surface area contributed by atoms with Gasteiger partial charge < -0.3 is 14.8 Å². The Hall–Kier alpha value is -4.64. The highest BCUT2D eigenvalue weighted by Crippen LogP contribution is 2.17. The minimum absolute atomic E-state index is 0.283. The number of carbonyl (C=O) groups is 2. The Morgan fingerprint density at radius 2 is 1.79 bits per heavy atom. The molecule has 0 aliphatic rings. The Morgan fingerprint density at radius 3 is 2.55 bits per heavy atom. The Kier molecular flexibility index (Phi) is 8.15. The lowest BCUT2D eigenvalue weighted by molar-refractivity contribution is -0.126. The standard InChI is InChI=1S/C25H22N4O4/c1-32-23-8-4-7-21(13-23)28-24(30)14-25(31)29-27-16-18-9-11-22(12-10-18)33-17-20-6-3-2-5-19(20)15-26/h2-13,16H,14,17H2,1H3,(H,28,30)(H,29,31). The summed E-state index contributed by atoms with van der Waals surface area (Å²) in [5.74, 6) is 0.238. The van der Waals surface area contributed by atoms with Crippen LogP contribution in [0.3, 0.4) is 0 Å². The summed E-state index contributed by atoms with van der Waals surface area (Å²) >= 11 is 0. The second-order valence-electron chi connectivity index (χ2n) is 6.88. The zero-order valence-electron chi connectivity index (χ0n) is 17.9. The van der Waals surface area contributed by atoms with Gasteiger partial charge in [0.1, 0.15) is 24.5 Å². The van der Waals surface area contributed by atoms with E-state index in [0.29, 0.717) is 22.7 Å². The van der Waals surface area contributed by atoms with Crippen molar-refractivity contribution in [2.45, 2.75) is 13.0 Å². The van der Waals surface area contributed by atoms with E-state index in [9.17, 15) is 9.59 Å². The molecule has 8 heteroatoms. The summed E-state index contributed by atoms with van der Waals surface area (Å²) < 4.78 is 10.8. The maximum Gasteiger partial charge on any atom is 0.249 e. The van der Waals surface area contributed by atoms with Gasteiger partial charge in [0.15, 0.2) is 0 Å². The minimum atomic E-state index is -0.539. The molecule has 0 aliphatic heterocycles. The van der Waals surface area contributed by atoms with Crippen LogP contribution in [0.5, 0.6) is 11.5 Å². The third-order valence-corrected chi connectivity index (χ3v) is 4.49. The molecule has 0 saturated carbocycles. The van der Waals surface area contributed by atoms with Crippen LogP contribution < -0.4 is 20.2 Å². The van der Waals surface area contributed by atoms with Gasteiger partial charge in [-0.1, -0.05) is 24.3 Å². The van der Waals surface area contributed by atoms with Crippen molar-refractivity contribution in [1.29, 1.82) is 5.26 Å². The first-order valence-electron chi connectivity index (χ1n) is 10.0. The number of amides is 2. The lowest BCUT2D eigenvalue weighted by Crippen LogP contribution is -2.24. The number of ether oxygens (including phenoxy) is 2. The topological polar surface area (TPSA) is 113 Å². The summed E-state index contributed by atoms with van der Waals surface area (Å²) in [7, 11) is 1.53. The quantitative estimate of drug-likeness (QED) is 0.299. The molecule has 0 spiro atoms. The maximum absolute atomic E-state index is 12.0. The van der Waals surface area contributed by atoms with Gasteiger partial charge in [0.05, 0.1) is 25.0 Å². The van der Waals surface area contributed by atoms with Crippen LogP contribution in [-0.2, 0) is 16.2 Å². The van der Waals surface area contributed by atoms with Gasteiger partial charge in [-0.25, -0.2) is 5.43 Å².